The van der Waals surface area contributed by atoms with Crippen LogP contribution in [0.2, 0.25) is 10.0 Å². The van der Waals surface area contributed by atoms with Gasteiger partial charge in [0.05, 0.1) is 15.7 Å². The molecule has 0 aliphatic heterocycles. The second kappa shape index (κ2) is 3.61. The third-order valence-electron chi connectivity index (χ3n) is 1.44. The summed E-state index contributed by atoms with van der Waals surface area (Å²) in [5.41, 5.74) is 5.52. The van der Waals surface area contributed by atoms with Crippen molar-refractivity contribution in [3.05, 3.63) is 26.6 Å². The van der Waals surface area contributed by atoms with E-state index in [1.54, 1.807) is 0 Å². The Morgan fingerprint density at radius 1 is 1.29 bits per heavy atom. The van der Waals surface area contributed by atoms with Crippen LogP contribution in [0.15, 0.2) is 17.0 Å². The molecule has 0 unspecified atom stereocenters. The van der Waals surface area contributed by atoms with Gasteiger partial charge in [0.2, 0.25) is 5.39 Å². The zero-order valence-electron chi connectivity index (χ0n) is 6.61. The average molecular weight is 253 g/mol. The molecule has 0 saturated carbocycles. The highest BCUT2D eigenvalue weighted by atomic mass is 35.5. The maximum Gasteiger partial charge on any atom is 0.553 e. The van der Waals surface area contributed by atoms with Gasteiger partial charge in [0.1, 0.15) is 0 Å². The van der Waals surface area contributed by atoms with Crippen molar-refractivity contribution in [3.63, 3.8) is 0 Å². The van der Waals surface area contributed by atoms with E-state index in [0.717, 1.165) is 6.07 Å². The number of diazo groups is 1. The van der Waals surface area contributed by atoms with E-state index in [0.29, 0.717) is 0 Å². The van der Waals surface area contributed by atoms with Crippen molar-refractivity contribution in [2.75, 3.05) is 5.73 Å². The minimum Gasteiger partial charge on any atom is -0.397 e. The molecule has 0 spiro atoms. The summed E-state index contributed by atoms with van der Waals surface area (Å²) in [6, 6.07) is 2.19. The van der Waals surface area contributed by atoms with E-state index in [9.17, 15) is 8.42 Å². The molecule has 74 valence electrons. The number of nitrogens with zero attached hydrogens (tertiary/aromatic N) is 2. The Bertz CT molecular complexity index is 521. The molecule has 8 heteroatoms. The van der Waals surface area contributed by atoms with E-state index < -0.39 is 10.0 Å². The van der Waals surface area contributed by atoms with Crippen LogP contribution in [-0.4, -0.2) is 8.42 Å². The maximum absolute atomic E-state index is 11.1. The lowest BCUT2D eigenvalue weighted by atomic mass is 10.3. The van der Waals surface area contributed by atoms with Gasteiger partial charge in [-0.3, -0.25) is 0 Å². The van der Waals surface area contributed by atoms with E-state index in [-0.39, 0.29) is 20.6 Å². The van der Waals surface area contributed by atoms with Crippen LogP contribution in [0.3, 0.4) is 0 Å². The van der Waals surface area contributed by atoms with Crippen LogP contribution in [0.5, 0.6) is 0 Å². The molecule has 0 heterocycles. The number of rotatable bonds is 1. The number of nitrogens with two attached hydrogens (primary N) is 1. The summed E-state index contributed by atoms with van der Waals surface area (Å²) >= 11 is 11.2. The Morgan fingerprint density at radius 2 is 1.86 bits per heavy atom. The number of hydrogen-bond donors (Lipinski definition) is 1. The lowest BCUT2D eigenvalue weighted by molar-refractivity contribution is 0.603. The fourth-order valence-electron chi connectivity index (χ4n) is 0.786. The second-order valence-electron chi connectivity index (χ2n) is 2.36. The Labute approximate surface area is 90.1 Å². The summed E-state index contributed by atoms with van der Waals surface area (Å²) in [7, 11) is -4.16. The van der Waals surface area contributed by atoms with Gasteiger partial charge in [-0.05, 0) is 12.1 Å². The van der Waals surface area contributed by atoms with Crippen molar-refractivity contribution in [2.45, 2.75) is 4.90 Å². The highest BCUT2D eigenvalue weighted by molar-refractivity contribution is 7.93. The van der Waals surface area contributed by atoms with Crippen LogP contribution in [0.1, 0.15) is 0 Å². The molecule has 0 fully saturated rings. The maximum atomic E-state index is 11.1. The number of anilines is 1. The first-order valence-corrected chi connectivity index (χ1v) is 5.44. The third kappa shape index (κ3) is 1.90. The van der Waals surface area contributed by atoms with Gasteiger partial charge in [0.15, 0.2) is 4.90 Å². The van der Waals surface area contributed by atoms with Crippen molar-refractivity contribution in [1.82, 2.24) is 0 Å². The molecular formula is C6H4Cl2N3O2S+. The Balaban J connectivity index is 3.55. The van der Waals surface area contributed by atoms with Gasteiger partial charge in [-0.1, -0.05) is 23.2 Å². The quantitative estimate of drug-likeness (QED) is 0.613. The number of halogens is 2. The third-order valence-corrected chi connectivity index (χ3v) is 3.30. The number of benzene rings is 1. The Hall–Kier alpha value is -1.03. The summed E-state index contributed by atoms with van der Waals surface area (Å²) < 4.78 is 24.4. The molecule has 0 radical (unpaired) electrons. The fourth-order valence-corrected chi connectivity index (χ4v) is 2.14. The zero-order valence-corrected chi connectivity index (χ0v) is 8.94. The van der Waals surface area contributed by atoms with Crippen molar-refractivity contribution in [1.29, 1.82) is 5.39 Å². The molecule has 5 nitrogen and oxygen atoms in total. The lowest BCUT2D eigenvalue weighted by Gasteiger charge is -1.99. The van der Waals surface area contributed by atoms with Gasteiger partial charge in [-0.2, -0.15) is 0 Å². The molecule has 0 aliphatic carbocycles. The lowest BCUT2D eigenvalue weighted by Crippen LogP contribution is -1.97. The highest BCUT2D eigenvalue weighted by Crippen LogP contribution is 2.30. The van der Waals surface area contributed by atoms with Crippen molar-refractivity contribution < 1.29 is 8.42 Å². The molecule has 0 saturated heterocycles. The largest absolute Gasteiger partial charge is 0.553 e. The molecule has 0 aromatic heterocycles. The van der Waals surface area contributed by atoms with Crippen LogP contribution in [0, 0.1) is 5.39 Å². The molecule has 2 N–H and O–H groups in total. The van der Waals surface area contributed by atoms with E-state index in [2.05, 4.69) is 4.38 Å². The molecule has 1 aromatic carbocycles. The van der Waals surface area contributed by atoms with E-state index >= 15 is 0 Å². The first-order valence-electron chi connectivity index (χ1n) is 3.24. The number of sulfonamides is 1. The first kappa shape index (κ1) is 11.0. The molecule has 1 rings (SSSR count). The highest BCUT2D eigenvalue weighted by Gasteiger charge is 2.30. The minimum absolute atomic E-state index is 0.0247. The molecule has 0 amide bonds. The van der Waals surface area contributed by atoms with Gasteiger partial charge in [-0.25, -0.2) is 0 Å². The summed E-state index contributed by atoms with van der Waals surface area (Å²) in [6.07, 6.45) is 0. The minimum atomic E-state index is -4.16. The van der Waals surface area contributed by atoms with E-state index in [4.69, 9.17) is 34.3 Å². The van der Waals surface area contributed by atoms with Crippen molar-refractivity contribution in [3.8, 4) is 0 Å². The summed E-state index contributed by atoms with van der Waals surface area (Å²) in [5.74, 6) is 0. The smallest absolute Gasteiger partial charge is 0.397 e. The summed E-state index contributed by atoms with van der Waals surface area (Å²) in [4.78, 5) is -0.388. The molecule has 0 atom stereocenters. The standard InChI is InChI=1S/C6H4Cl2N3O2S/c7-3-2-6(14(12,13)11-10)4(8)1-5(3)9/h1-2H,9H2/q+1. The predicted octanol–water partition coefficient (Wildman–Crippen LogP) is 2.12. The van der Waals surface area contributed by atoms with Crippen molar-refractivity contribution >= 4 is 38.9 Å². The van der Waals surface area contributed by atoms with Gasteiger partial charge in [-0.15, -0.1) is 8.42 Å². The predicted molar refractivity (Wildman–Crippen MR) is 53.1 cm³/mol. The number of hydrogen-bond acceptors (Lipinski definition) is 4. The van der Waals surface area contributed by atoms with Crippen LogP contribution < -0.4 is 5.73 Å². The molecule has 1 aromatic rings. The Kier molecular flexibility index (Phi) is 2.85. The van der Waals surface area contributed by atoms with Gasteiger partial charge in [0.25, 0.3) is 4.38 Å². The van der Waals surface area contributed by atoms with Crippen LogP contribution >= 0.6 is 23.2 Å². The van der Waals surface area contributed by atoms with E-state index in [1.807, 2.05) is 0 Å². The van der Waals surface area contributed by atoms with Crippen LogP contribution in [-0.2, 0) is 10.0 Å². The molecule has 14 heavy (non-hydrogen) atoms. The van der Waals surface area contributed by atoms with Crippen LogP contribution in [0.25, 0.3) is 4.38 Å². The van der Waals surface area contributed by atoms with E-state index in [1.165, 1.54) is 6.07 Å². The van der Waals surface area contributed by atoms with Gasteiger partial charge in [0, 0.05) is 0 Å². The molecule has 0 aliphatic rings. The van der Waals surface area contributed by atoms with Crippen LogP contribution in [0.4, 0.5) is 5.69 Å². The van der Waals surface area contributed by atoms with Gasteiger partial charge >= 0.3 is 10.0 Å². The zero-order chi connectivity index (χ0) is 10.9. The average Bonchev–Trinajstić information content (AvgIpc) is 2.11. The topological polar surface area (TPSA) is 88.3 Å². The monoisotopic (exact) mass is 252 g/mol. The fraction of sp³-hybridized carbons (Fsp3) is 0. The first-order chi connectivity index (χ1) is 6.38. The molecule has 0 bridgehead atoms. The SMILES string of the molecule is N#[N+]S(=O)(=O)c1cc(Cl)c(N)cc1Cl. The normalized spacial score (nSPS) is 10.9. The number of nitrogen functional groups attached to an aromatic ring is 1. The molecular weight excluding hydrogens is 249 g/mol. The summed E-state index contributed by atoms with van der Waals surface area (Å²) in [5, 5.41) is 8.11. The Morgan fingerprint density at radius 3 is 2.36 bits per heavy atom. The van der Waals surface area contributed by atoms with Crippen molar-refractivity contribution in [2.24, 2.45) is 0 Å². The summed E-state index contributed by atoms with van der Waals surface area (Å²) in [6.45, 7) is 0. The second-order valence-corrected chi connectivity index (χ2v) is 4.73. The van der Waals surface area contributed by atoms with Gasteiger partial charge < -0.3 is 5.73 Å².